The number of rotatable bonds is 2. The second-order valence-corrected chi connectivity index (χ2v) is 7.54. The zero-order valence-electron chi connectivity index (χ0n) is 16.2. The van der Waals surface area contributed by atoms with E-state index in [2.05, 4.69) is 35.4 Å². The fourth-order valence-electron chi connectivity index (χ4n) is 4.10. The van der Waals surface area contributed by atoms with Crippen molar-refractivity contribution in [2.24, 2.45) is 0 Å². The number of benzene rings is 2. The Morgan fingerprint density at radius 1 is 1.25 bits per heavy atom. The molecule has 0 radical (unpaired) electrons. The molecule has 1 aromatic heterocycles. The fraction of sp³-hybridized carbons (Fsp3) is 0.304. The number of nitrogens with zero attached hydrogens (tertiary/aromatic N) is 2. The molecule has 2 heterocycles. The average Bonchev–Trinajstić information content (AvgIpc) is 2.99. The van der Waals surface area contributed by atoms with Gasteiger partial charge < -0.3 is 4.74 Å². The summed E-state index contributed by atoms with van der Waals surface area (Å²) >= 11 is 6.28. The normalized spacial score (nSPS) is 16.5. The first-order chi connectivity index (χ1) is 13.5. The highest BCUT2D eigenvalue weighted by Gasteiger charge is 2.29. The van der Waals surface area contributed by atoms with E-state index >= 15 is 0 Å². The van der Waals surface area contributed by atoms with Gasteiger partial charge in [0, 0.05) is 28.6 Å². The average molecular weight is 397 g/mol. The highest BCUT2D eigenvalue weighted by atomic mass is 35.5. The summed E-state index contributed by atoms with van der Waals surface area (Å²) in [4.78, 5) is 2.37. The van der Waals surface area contributed by atoms with E-state index in [1.807, 2.05) is 18.2 Å². The van der Waals surface area contributed by atoms with Crippen LogP contribution in [0.3, 0.4) is 0 Å². The lowest BCUT2D eigenvalue weighted by Crippen LogP contribution is -2.32. The Morgan fingerprint density at radius 2 is 2.07 bits per heavy atom. The molecule has 2 aromatic carbocycles. The first-order valence-electron chi connectivity index (χ1n) is 9.42. The molecule has 1 unspecified atom stereocenters. The maximum Gasteiger partial charge on any atom is 0.166 e. The van der Waals surface area contributed by atoms with Crippen molar-refractivity contribution in [2.75, 3.05) is 20.7 Å². The summed E-state index contributed by atoms with van der Waals surface area (Å²) in [6, 6.07) is 14.3. The Morgan fingerprint density at radius 3 is 2.79 bits per heavy atom. The molecule has 144 valence electrons. The Hall–Kier alpha value is -2.48. The minimum atomic E-state index is -0.411. The van der Waals surface area contributed by atoms with Gasteiger partial charge in [0.1, 0.15) is 0 Å². The van der Waals surface area contributed by atoms with Crippen LogP contribution in [0.25, 0.3) is 10.9 Å². The summed E-state index contributed by atoms with van der Waals surface area (Å²) in [6.45, 7) is 3.20. The maximum absolute atomic E-state index is 14.0. The molecule has 1 atom stereocenters. The van der Waals surface area contributed by atoms with Crippen LogP contribution in [0.2, 0.25) is 5.02 Å². The van der Waals surface area contributed by atoms with E-state index < -0.39 is 5.82 Å². The standard InChI is InChI=1S/C23H22ClFN2O/c1-4-20-23-17(10-11-26(20)2)18-14-16(24)6-7-21(18)27(23)12-9-15-5-8-22(28-3)19(25)13-15/h5-8,13-14,20H,4,10-11H2,1-3H3. The third kappa shape index (κ3) is 3.15. The fourth-order valence-corrected chi connectivity index (χ4v) is 4.28. The van der Waals surface area contributed by atoms with Crippen LogP contribution in [0.5, 0.6) is 5.75 Å². The van der Waals surface area contributed by atoms with Gasteiger partial charge in [-0.2, -0.15) is 0 Å². The molecule has 0 aliphatic carbocycles. The number of fused-ring (bicyclic) bond motifs is 3. The lowest BCUT2D eigenvalue weighted by atomic mass is 9.96. The van der Waals surface area contributed by atoms with E-state index in [0.29, 0.717) is 5.56 Å². The van der Waals surface area contributed by atoms with E-state index in [4.69, 9.17) is 16.3 Å². The highest BCUT2D eigenvalue weighted by Crippen LogP contribution is 2.38. The summed E-state index contributed by atoms with van der Waals surface area (Å²) in [6.07, 6.45) is 1.96. The molecule has 5 heteroatoms. The molecular weight excluding hydrogens is 375 g/mol. The van der Waals surface area contributed by atoms with E-state index in [9.17, 15) is 4.39 Å². The van der Waals surface area contributed by atoms with Gasteiger partial charge in [0.15, 0.2) is 11.6 Å². The molecule has 3 aromatic rings. The van der Waals surface area contributed by atoms with Crippen molar-refractivity contribution in [1.29, 1.82) is 0 Å². The number of ether oxygens (including phenoxy) is 1. The van der Waals surface area contributed by atoms with Gasteiger partial charge in [-0.25, -0.2) is 4.39 Å². The van der Waals surface area contributed by atoms with Crippen molar-refractivity contribution < 1.29 is 9.13 Å². The number of likely N-dealkylation sites (N-methyl/N-ethyl adjacent to an activating group) is 1. The summed E-state index contributed by atoms with van der Waals surface area (Å²) in [7, 11) is 3.60. The molecule has 0 N–H and O–H groups in total. The second kappa shape index (κ2) is 7.50. The van der Waals surface area contributed by atoms with Gasteiger partial charge >= 0.3 is 0 Å². The second-order valence-electron chi connectivity index (χ2n) is 7.10. The Labute approximate surface area is 169 Å². The molecule has 0 saturated heterocycles. The van der Waals surface area contributed by atoms with Crippen LogP contribution in [0.1, 0.15) is 36.2 Å². The lowest BCUT2D eigenvalue weighted by molar-refractivity contribution is 0.219. The van der Waals surface area contributed by atoms with Crippen molar-refractivity contribution in [1.82, 2.24) is 9.47 Å². The Kier molecular flexibility index (Phi) is 5.05. The summed E-state index contributed by atoms with van der Waals surface area (Å²) < 4.78 is 21.1. The number of aromatic nitrogens is 1. The molecule has 0 saturated carbocycles. The van der Waals surface area contributed by atoms with E-state index in [0.717, 1.165) is 35.3 Å². The minimum Gasteiger partial charge on any atom is -0.494 e. The quantitative estimate of drug-likeness (QED) is 0.551. The molecule has 28 heavy (non-hydrogen) atoms. The third-order valence-corrected chi connectivity index (χ3v) is 5.72. The highest BCUT2D eigenvalue weighted by molar-refractivity contribution is 6.31. The van der Waals surface area contributed by atoms with E-state index in [-0.39, 0.29) is 11.8 Å². The van der Waals surface area contributed by atoms with Crippen LogP contribution in [0.4, 0.5) is 4.39 Å². The van der Waals surface area contributed by atoms with Crippen molar-refractivity contribution in [3.8, 4) is 17.7 Å². The predicted octanol–water partition coefficient (Wildman–Crippen LogP) is 5.24. The van der Waals surface area contributed by atoms with Gasteiger partial charge in [-0.05, 0) is 67.8 Å². The number of halogens is 2. The van der Waals surface area contributed by atoms with E-state index in [1.54, 1.807) is 12.1 Å². The SMILES string of the molecule is CCC1c2c(c3cc(Cl)ccc3n2C#Cc2ccc(OC)c(F)c2)CCN1C. The van der Waals surface area contributed by atoms with Gasteiger partial charge in [-0.1, -0.05) is 18.5 Å². The molecule has 4 rings (SSSR count). The zero-order valence-corrected chi connectivity index (χ0v) is 17.0. The summed E-state index contributed by atoms with van der Waals surface area (Å²) in [5.74, 6) is 2.93. The van der Waals surface area contributed by atoms with Crippen LogP contribution in [0, 0.1) is 17.8 Å². The van der Waals surface area contributed by atoms with Gasteiger partial charge in [0.05, 0.1) is 24.4 Å². The lowest BCUT2D eigenvalue weighted by Gasteiger charge is -2.32. The van der Waals surface area contributed by atoms with E-state index in [1.165, 1.54) is 24.4 Å². The topological polar surface area (TPSA) is 17.4 Å². The van der Waals surface area contributed by atoms with Crippen molar-refractivity contribution >= 4 is 22.5 Å². The van der Waals surface area contributed by atoms with Crippen LogP contribution >= 0.6 is 11.6 Å². The number of methoxy groups -OCH3 is 1. The predicted molar refractivity (Wildman–Crippen MR) is 112 cm³/mol. The molecule has 0 fully saturated rings. The van der Waals surface area contributed by atoms with Crippen LogP contribution < -0.4 is 4.74 Å². The van der Waals surface area contributed by atoms with Gasteiger partial charge in [0.2, 0.25) is 0 Å². The molecule has 0 bridgehead atoms. The number of hydrogen-bond acceptors (Lipinski definition) is 2. The molecule has 3 nitrogen and oxygen atoms in total. The van der Waals surface area contributed by atoms with Crippen LogP contribution in [0.15, 0.2) is 36.4 Å². The van der Waals surface area contributed by atoms with Crippen LogP contribution in [-0.4, -0.2) is 30.2 Å². The molecule has 0 spiro atoms. The molecular formula is C23H22ClFN2O. The summed E-state index contributed by atoms with van der Waals surface area (Å²) in [5.41, 5.74) is 4.19. The molecule has 1 aliphatic heterocycles. The number of hydrogen-bond donors (Lipinski definition) is 0. The molecule has 0 amide bonds. The monoisotopic (exact) mass is 396 g/mol. The van der Waals surface area contributed by atoms with Gasteiger partial charge in [0.25, 0.3) is 0 Å². The Bertz CT molecular complexity index is 1110. The minimum absolute atomic E-state index is 0.219. The smallest absolute Gasteiger partial charge is 0.166 e. The van der Waals surface area contributed by atoms with Gasteiger partial charge in [-0.3, -0.25) is 9.47 Å². The maximum atomic E-state index is 14.0. The first kappa shape index (κ1) is 18.9. The van der Waals surface area contributed by atoms with Crippen molar-refractivity contribution in [3.63, 3.8) is 0 Å². The van der Waals surface area contributed by atoms with Crippen molar-refractivity contribution in [2.45, 2.75) is 25.8 Å². The zero-order chi connectivity index (χ0) is 19.8. The van der Waals surface area contributed by atoms with Gasteiger partial charge in [-0.15, -0.1) is 0 Å². The third-order valence-electron chi connectivity index (χ3n) is 5.49. The van der Waals surface area contributed by atoms with Crippen molar-refractivity contribution in [3.05, 3.63) is 64.1 Å². The summed E-state index contributed by atoms with van der Waals surface area (Å²) in [5, 5.41) is 1.88. The molecule has 1 aliphatic rings. The van der Waals surface area contributed by atoms with Crippen LogP contribution in [-0.2, 0) is 6.42 Å². The largest absolute Gasteiger partial charge is 0.494 e. The first-order valence-corrected chi connectivity index (χ1v) is 9.79. The Balaban J connectivity index is 1.90.